The molecule has 2 aromatic carbocycles. The van der Waals surface area contributed by atoms with Crippen molar-refractivity contribution in [3.05, 3.63) is 75.7 Å². The van der Waals surface area contributed by atoms with Gasteiger partial charge in [0.05, 0.1) is 18.3 Å². The third kappa shape index (κ3) is 2.78. The molecule has 5 rings (SSSR count). The largest absolute Gasteiger partial charge is 0.454 e. The number of aromatic nitrogens is 2. The summed E-state index contributed by atoms with van der Waals surface area (Å²) in [5.74, 6) is 1.45. The fourth-order valence-electron chi connectivity index (χ4n) is 3.26. The lowest BCUT2D eigenvalue weighted by molar-refractivity contribution is 0.174. The molecule has 0 aliphatic carbocycles. The van der Waals surface area contributed by atoms with Crippen molar-refractivity contribution >= 4 is 21.6 Å². The Hall–Kier alpha value is -3.12. The van der Waals surface area contributed by atoms with E-state index in [0.29, 0.717) is 17.7 Å². The second-order valence-electron chi connectivity index (χ2n) is 6.56. The van der Waals surface area contributed by atoms with Crippen LogP contribution in [0.3, 0.4) is 0 Å². The van der Waals surface area contributed by atoms with Crippen molar-refractivity contribution in [3.63, 3.8) is 0 Å². The van der Waals surface area contributed by atoms with Crippen LogP contribution in [0.4, 0.5) is 0 Å². The Morgan fingerprint density at radius 1 is 1.11 bits per heavy atom. The van der Waals surface area contributed by atoms with E-state index in [9.17, 15) is 4.79 Å². The topological polar surface area (TPSA) is 53.4 Å². The first-order valence-electron chi connectivity index (χ1n) is 8.61. The number of ether oxygens (including phenoxy) is 2. The summed E-state index contributed by atoms with van der Waals surface area (Å²) in [6, 6.07) is 13.9. The maximum Gasteiger partial charge on any atom is 0.263 e. The zero-order valence-corrected chi connectivity index (χ0v) is 15.5. The van der Waals surface area contributed by atoms with E-state index in [0.717, 1.165) is 27.3 Å². The summed E-state index contributed by atoms with van der Waals surface area (Å²) in [5.41, 5.74) is 4.10. The first-order valence-corrected chi connectivity index (χ1v) is 9.49. The molecule has 0 N–H and O–H groups in total. The molecular formula is C21H16N2O3S. The molecular weight excluding hydrogens is 360 g/mol. The zero-order chi connectivity index (χ0) is 18.4. The molecule has 5 nitrogen and oxygen atoms in total. The average Bonchev–Trinajstić information content (AvgIpc) is 3.31. The molecule has 3 heterocycles. The van der Waals surface area contributed by atoms with Crippen LogP contribution < -0.4 is 15.0 Å². The third-order valence-electron chi connectivity index (χ3n) is 4.71. The Balaban J connectivity index is 1.58. The van der Waals surface area contributed by atoms with Gasteiger partial charge in [0.2, 0.25) is 6.79 Å². The molecule has 0 atom stereocenters. The van der Waals surface area contributed by atoms with Gasteiger partial charge in [-0.15, -0.1) is 11.3 Å². The summed E-state index contributed by atoms with van der Waals surface area (Å²) < 4.78 is 12.4. The van der Waals surface area contributed by atoms with Gasteiger partial charge >= 0.3 is 0 Å². The molecule has 134 valence electrons. The number of rotatable bonds is 3. The minimum absolute atomic E-state index is 0.0329. The Bertz CT molecular complexity index is 1210. The summed E-state index contributed by atoms with van der Waals surface area (Å²) in [7, 11) is 0. The van der Waals surface area contributed by atoms with Gasteiger partial charge in [0.1, 0.15) is 4.83 Å². The summed E-state index contributed by atoms with van der Waals surface area (Å²) in [6.45, 7) is 2.72. The molecule has 1 aliphatic rings. The van der Waals surface area contributed by atoms with E-state index in [-0.39, 0.29) is 12.4 Å². The van der Waals surface area contributed by atoms with E-state index >= 15 is 0 Å². The number of nitrogens with zero attached hydrogens (tertiary/aromatic N) is 2. The maximum absolute atomic E-state index is 13.2. The Kier molecular flexibility index (Phi) is 3.72. The molecule has 0 fully saturated rings. The monoisotopic (exact) mass is 376 g/mol. The van der Waals surface area contributed by atoms with Crippen LogP contribution in [0.2, 0.25) is 0 Å². The molecule has 0 radical (unpaired) electrons. The lowest BCUT2D eigenvalue weighted by Crippen LogP contribution is -2.20. The van der Waals surface area contributed by atoms with Crippen LogP contribution >= 0.6 is 11.3 Å². The van der Waals surface area contributed by atoms with Crippen molar-refractivity contribution in [2.24, 2.45) is 0 Å². The van der Waals surface area contributed by atoms with Crippen LogP contribution in [-0.4, -0.2) is 16.3 Å². The van der Waals surface area contributed by atoms with Gasteiger partial charge in [-0.2, -0.15) is 0 Å². The van der Waals surface area contributed by atoms with Gasteiger partial charge in [-0.05, 0) is 30.2 Å². The SMILES string of the molecule is Cc1ccc(-c2csc3ncn(Cc4ccc5c(c4)OCO5)c(=O)c23)cc1. The smallest absolute Gasteiger partial charge is 0.263 e. The van der Waals surface area contributed by atoms with Gasteiger partial charge in [-0.3, -0.25) is 9.36 Å². The van der Waals surface area contributed by atoms with Crippen LogP contribution in [0.1, 0.15) is 11.1 Å². The number of thiophene rings is 1. The molecule has 0 amide bonds. The summed E-state index contributed by atoms with van der Waals surface area (Å²) in [5, 5.41) is 2.68. The molecule has 0 saturated heterocycles. The maximum atomic E-state index is 13.2. The quantitative estimate of drug-likeness (QED) is 0.537. The highest BCUT2D eigenvalue weighted by atomic mass is 32.1. The highest BCUT2D eigenvalue weighted by Gasteiger charge is 2.16. The van der Waals surface area contributed by atoms with Crippen LogP contribution in [0.15, 0.2) is 59.0 Å². The van der Waals surface area contributed by atoms with E-state index in [4.69, 9.17) is 9.47 Å². The van der Waals surface area contributed by atoms with Crippen molar-refractivity contribution in [3.8, 4) is 22.6 Å². The van der Waals surface area contributed by atoms with Gasteiger partial charge in [0, 0.05) is 10.9 Å². The molecule has 4 aromatic rings. The molecule has 0 bridgehead atoms. The Morgan fingerprint density at radius 3 is 2.78 bits per heavy atom. The first kappa shape index (κ1) is 16.1. The predicted octanol–water partition coefficient (Wildman–Crippen LogP) is 4.21. The lowest BCUT2D eigenvalue weighted by Gasteiger charge is -2.07. The molecule has 0 unspecified atom stereocenters. The van der Waals surface area contributed by atoms with E-state index in [1.54, 1.807) is 10.9 Å². The van der Waals surface area contributed by atoms with E-state index in [1.165, 1.54) is 16.9 Å². The first-order chi connectivity index (χ1) is 13.2. The van der Waals surface area contributed by atoms with Gasteiger partial charge in [0.25, 0.3) is 5.56 Å². The van der Waals surface area contributed by atoms with Crippen LogP contribution in [0.25, 0.3) is 21.3 Å². The summed E-state index contributed by atoms with van der Waals surface area (Å²) in [6.07, 6.45) is 1.62. The third-order valence-corrected chi connectivity index (χ3v) is 5.60. The second-order valence-corrected chi connectivity index (χ2v) is 7.42. The molecule has 1 aliphatic heterocycles. The van der Waals surface area contributed by atoms with E-state index < -0.39 is 0 Å². The Labute approximate surface area is 159 Å². The summed E-state index contributed by atoms with van der Waals surface area (Å²) in [4.78, 5) is 18.4. The predicted molar refractivity (Wildman–Crippen MR) is 106 cm³/mol. The average molecular weight is 376 g/mol. The normalized spacial score (nSPS) is 12.6. The number of fused-ring (bicyclic) bond motifs is 2. The molecule has 0 saturated carbocycles. The molecule has 27 heavy (non-hydrogen) atoms. The van der Waals surface area contributed by atoms with Gasteiger partial charge in [-0.25, -0.2) is 4.98 Å². The minimum Gasteiger partial charge on any atom is -0.454 e. The minimum atomic E-state index is -0.0329. The number of aryl methyl sites for hydroxylation is 1. The fraction of sp³-hybridized carbons (Fsp3) is 0.143. The van der Waals surface area contributed by atoms with Crippen LogP contribution in [0.5, 0.6) is 11.5 Å². The fourth-order valence-corrected chi connectivity index (χ4v) is 4.17. The van der Waals surface area contributed by atoms with Gasteiger partial charge in [0.15, 0.2) is 11.5 Å². The van der Waals surface area contributed by atoms with Crippen molar-refractivity contribution < 1.29 is 9.47 Å². The van der Waals surface area contributed by atoms with Crippen molar-refractivity contribution in [2.75, 3.05) is 6.79 Å². The lowest BCUT2D eigenvalue weighted by atomic mass is 10.1. The van der Waals surface area contributed by atoms with Gasteiger partial charge in [-0.1, -0.05) is 35.9 Å². The number of hydrogen-bond acceptors (Lipinski definition) is 5. The van der Waals surface area contributed by atoms with Gasteiger partial charge < -0.3 is 9.47 Å². The highest BCUT2D eigenvalue weighted by Crippen LogP contribution is 2.33. The van der Waals surface area contributed by atoms with Crippen LogP contribution in [0, 0.1) is 6.92 Å². The van der Waals surface area contributed by atoms with Crippen molar-refractivity contribution in [2.45, 2.75) is 13.5 Å². The number of hydrogen-bond donors (Lipinski definition) is 0. The van der Waals surface area contributed by atoms with Crippen molar-refractivity contribution in [1.29, 1.82) is 0 Å². The summed E-state index contributed by atoms with van der Waals surface area (Å²) >= 11 is 1.50. The molecule has 6 heteroatoms. The Morgan fingerprint density at radius 2 is 1.93 bits per heavy atom. The highest BCUT2D eigenvalue weighted by molar-refractivity contribution is 7.17. The second kappa shape index (κ2) is 6.25. The van der Waals surface area contributed by atoms with E-state index in [2.05, 4.69) is 24.0 Å². The van der Waals surface area contributed by atoms with Crippen LogP contribution in [-0.2, 0) is 6.54 Å². The standard InChI is InChI=1S/C21H16N2O3S/c1-13-2-5-15(6-3-13)16-10-27-20-19(16)21(24)23(11-22-20)9-14-4-7-17-18(8-14)26-12-25-17/h2-8,10-11H,9,12H2,1H3. The number of benzene rings is 2. The van der Waals surface area contributed by atoms with E-state index in [1.807, 2.05) is 35.7 Å². The molecule has 2 aromatic heterocycles. The molecule has 0 spiro atoms. The zero-order valence-electron chi connectivity index (χ0n) is 14.6. The van der Waals surface area contributed by atoms with Crippen molar-refractivity contribution in [1.82, 2.24) is 9.55 Å².